The third-order valence-corrected chi connectivity index (χ3v) is 5.36. The molecule has 0 radical (unpaired) electrons. The zero-order valence-corrected chi connectivity index (χ0v) is 17.8. The number of rotatable bonds is 7. The second-order valence-electron chi connectivity index (χ2n) is 7.29. The van der Waals surface area contributed by atoms with E-state index in [9.17, 15) is 14.4 Å². The van der Waals surface area contributed by atoms with Crippen LogP contribution in [0.2, 0.25) is 0 Å². The lowest BCUT2D eigenvalue weighted by atomic mass is 9.95. The molecule has 1 atom stereocenters. The summed E-state index contributed by atoms with van der Waals surface area (Å²) in [5.41, 5.74) is 4.01. The minimum absolute atomic E-state index is 0.183. The van der Waals surface area contributed by atoms with Gasteiger partial charge in [-0.3, -0.25) is 14.4 Å². The first-order chi connectivity index (χ1) is 14.3. The highest BCUT2D eigenvalue weighted by Gasteiger charge is 2.24. The van der Waals surface area contributed by atoms with Crippen molar-refractivity contribution in [1.82, 2.24) is 9.72 Å². The first-order valence-electron chi connectivity index (χ1n) is 9.74. The minimum Gasteiger partial charge on any atom is -0.381 e. The van der Waals surface area contributed by atoms with E-state index in [-0.39, 0.29) is 17.3 Å². The van der Waals surface area contributed by atoms with Gasteiger partial charge in [-0.2, -0.15) is 4.74 Å². The van der Waals surface area contributed by atoms with Gasteiger partial charge in [0, 0.05) is 36.6 Å². The zero-order valence-electron chi connectivity index (χ0n) is 17.8. The normalized spacial score (nSPS) is 11.9. The van der Waals surface area contributed by atoms with Crippen molar-refractivity contribution in [2.45, 2.75) is 33.2 Å². The average molecular weight is 407 g/mol. The molecule has 2 heterocycles. The van der Waals surface area contributed by atoms with Gasteiger partial charge in [-0.15, -0.1) is 0 Å². The molecule has 0 amide bonds. The van der Waals surface area contributed by atoms with Crippen molar-refractivity contribution in [3.8, 4) is 11.1 Å². The Hall–Kier alpha value is -3.48. The van der Waals surface area contributed by atoms with E-state index in [0.717, 1.165) is 17.5 Å². The molecule has 3 rings (SSSR count). The summed E-state index contributed by atoms with van der Waals surface area (Å²) in [4.78, 5) is 42.0. The highest BCUT2D eigenvalue weighted by Crippen LogP contribution is 2.33. The quantitative estimate of drug-likeness (QED) is 0.553. The van der Waals surface area contributed by atoms with E-state index in [2.05, 4.69) is 4.98 Å². The summed E-state index contributed by atoms with van der Waals surface area (Å²) in [5.74, 6) is 0.562. The molecule has 0 saturated heterocycles. The summed E-state index contributed by atoms with van der Waals surface area (Å²) in [5, 5.41) is 0. The van der Waals surface area contributed by atoms with E-state index >= 15 is 0 Å². The molecule has 0 aliphatic rings. The van der Waals surface area contributed by atoms with Gasteiger partial charge >= 0.3 is 0 Å². The van der Waals surface area contributed by atoms with E-state index in [0.29, 0.717) is 40.9 Å². The fraction of sp³-hybridized carbons (Fsp3) is 0.304. The molecule has 7 heteroatoms. The lowest BCUT2D eigenvalue weighted by Crippen LogP contribution is -2.26. The van der Waals surface area contributed by atoms with Crippen LogP contribution in [0, 0.1) is 13.8 Å². The summed E-state index contributed by atoms with van der Waals surface area (Å²) in [7, 11) is 3.49. The van der Waals surface area contributed by atoms with Crippen molar-refractivity contribution in [2.24, 2.45) is 7.05 Å². The monoisotopic (exact) mass is 407 g/mol. The maximum Gasteiger partial charge on any atom is 0.290 e. The summed E-state index contributed by atoms with van der Waals surface area (Å²) in [6, 6.07) is 9.04. The first kappa shape index (κ1) is 21.2. The van der Waals surface area contributed by atoms with Crippen LogP contribution in [0.3, 0.4) is 0 Å². The van der Waals surface area contributed by atoms with Gasteiger partial charge in [-0.25, -0.2) is 4.98 Å². The number of aryl methyl sites for hydroxylation is 3. The van der Waals surface area contributed by atoms with E-state index < -0.39 is 0 Å². The SMILES string of the molecule is CCC(c1c(C=O)cc(C)nc1C=O)N(C)c1ccc(-c2c(C)on(C)c2=O)cc1. The van der Waals surface area contributed by atoms with Crippen molar-refractivity contribution in [3.05, 3.63) is 69.0 Å². The summed E-state index contributed by atoms with van der Waals surface area (Å²) < 4.78 is 6.58. The molecule has 1 aromatic carbocycles. The van der Waals surface area contributed by atoms with Crippen molar-refractivity contribution >= 4 is 18.3 Å². The highest BCUT2D eigenvalue weighted by atomic mass is 16.5. The van der Waals surface area contributed by atoms with E-state index in [1.165, 1.54) is 4.74 Å². The molecule has 0 saturated carbocycles. The van der Waals surface area contributed by atoms with Gasteiger partial charge in [-0.1, -0.05) is 19.1 Å². The van der Waals surface area contributed by atoms with Gasteiger partial charge in [0.1, 0.15) is 11.5 Å². The molecule has 0 aliphatic carbocycles. The predicted molar refractivity (Wildman–Crippen MR) is 115 cm³/mol. The van der Waals surface area contributed by atoms with Crippen LogP contribution in [0.4, 0.5) is 5.69 Å². The lowest BCUT2D eigenvalue weighted by molar-refractivity contribution is 0.111. The number of carbonyl (C=O) groups excluding carboxylic acids is 2. The number of aldehydes is 2. The number of pyridine rings is 1. The number of nitrogens with zero attached hydrogens (tertiary/aromatic N) is 3. The van der Waals surface area contributed by atoms with Gasteiger partial charge in [-0.05, 0) is 44.0 Å². The second-order valence-corrected chi connectivity index (χ2v) is 7.29. The van der Waals surface area contributed by atoms with Gasteiger partial charge in [0.25, 0.3) is 5.56 Å². The predicted octanol–water partition coefficient (Wildman–Crippen LogP) is 3.87. The summed E-state index contributed by atoms with van der Waals surface area (Å²) in [6.45, 7) is 5.52. The topological polar surface area (TPSA) is 85.4 Å². The van der Waals surface area contributed by atoms with Crippen molar-refractivity contribution in [1.29, 1.82) is 0 Å². The Kier molecular flexibility index (Phi) is 6.01. The maximum atomic E-state index is 12.3. The third-order valence-electron chi connectivity index (χ3n) is 5.36. The molecule has 3 aromatic rings. The summed E-state index contributed by atoms with van der Waals surface area (Å²) >= 11 is 0. The van der Waals surface area contributed by atoms with Gasteiger partial charge < -0.3 is 9.42 Å². The fourth-order valence-electron chi connectivity index (χ4n) is 3.93. The number of hydrogen-bond acceptors (Lipinski definition) is 6. The number of carbonyl (C=O) groups is 2. The second kappa shape index (κ2) is 8.49. The largest absolute Gasteiger partial charge is 0.381 e. The van der Waals surface area contributed by atoms with Gasteiger partial charge in [0.2, 0.25) is 0 Å². The molecule has 1 unspecified atom stereocenters. The van der Waals surface area contributed by atoms with E-state index in [1.54, 1.807) is 27.0 Å². The van der Waals surface area contributed by atoms with Crippen LogP contribution >= 0.6 is 0 Å². The highest BCUT2D eigenvalue weighted by molar-refractivity contribution is 5.85. The van der Waals surface area contributed by atoms with Gasteiger partial charge in [0.15, 0.2) is 12.6 Å². The standard InChI is InChI=1S/C23H25N3O4/c1-6-20(22-17(12-27)11-14(2)24-19(22)13-28)25(4)18-9-7-16(8-10-18)21-15(3)30-26(5)23(21)29/h7-13,20H,6H2,1-5H3. The van der Waals surface area contributed by atoms with E-state index in [1.807, 2.05) is 43.1 Å². The minimum atomic E-state index is -0.215. The first-order valence-corrected chi connectivity index (χ1v) is 9.74. The lowest BCUT2D eigenvalue weighted by Gasteiger charge is -2.31. The Labute approximate surface area is 174 Å². The Balaban J connectivity index is 2.01. The van der Waals surface area contributed by atoms with Crippen LogP contribution in [0.15, 0.2) is 39.6 Å². The van der Waals surface area contributed by atoms with Gasteiger partial charge in [0.05, 0.1) is 11.6 Å². The Morgan fingerprint density at radius 1 is 1.17 bits per heavy atom. The smallest absolute Gasteiger partial charge is 0.290 e. The van der Waals surface area contributed by atoms with Crippen LogP contribution < -0.4 is 10.5 Å². The van der Waals surface area contributed by atoms with Crippen molar-refractivity contribution in [2.75, 3.05) is 11.9 Å². The molecule has 156 valence electrons. The van der Waals surface area contributed by atoms with Crippen LogP contribution in [-0.2, 0) is 7.05 Å². The van der Waals surface area contributed by atoms with Crippen molar-refractivity contribution in [3.63, 3.8) is 0 Å². The van der Waals surface area contributed by atoms with Crippen LogP contribution in [-0.4, -0.2) is 29.3 Å². The van der Waals surface area contributed by atoms with Crippen LogP contribution in [0.5, 0.6) is 0 Å². The zero-order chi connectivity index (χ0) is 22.0. The molecular formula is C23H25N3O4. The molecule has 0 spiro atoms. The summed E-state index contributed by atoms with van der Waals surface area (Å²) in [6.07, 6.45) is 2.15. The Bertz CT molecular complexity index is 1110. The van der Waals surface area contributed by atoms with E-state index in [4.69, 9.17) is 4.52 Å². The molecule has 2 aromatic heterocycles. The molecule has 0 aliphatic heterocycles. The number of hydrogen-bond donors (Lipinski definition) is 0. The Morgan fingerprint density at radius 3 is 2.33 bits per heavy atom. The third kappa shape index (κ3) is 3.70. The van der Waals surface area contributed by atoms with Crippen molar-refractivity contribution < 1.29 is 14.1 Å². The van der Waals surface area contributed by atoms with Crippen LogP contribution in [0.1, 0.15) is 57.3 Å². The maximum absolute atomic E-state index is 12.3. The molecule has 30 heavy (non-hydrogen) atoms. The molecule has 7 nitrogen and oxygen atoms in total. The number of aromatic nitrogens is 2. The fourth-order valence-corrected chi connectivity index (χ4v) is 3.93. The molecular weight excluding hydrogens is 382 g/mol. The number of anilines is 1. The van der Waals surface area contributed by atoms with Crippen LogP contribution in [0.25, 0.3) is 11.1 Å². The molecule has 0 bridgehead atoms. The number of benzene rings is 1. The average Bonchev–Trinajstić information content (AvgIpc) is 3.00. The molecule has 0 N–H and O–H groups in total. The molecule has 0 fully saturated rings. The Morgan fingerprint density at radius 2 is 1.83 bits per heavy atom.